The Bertz CT molecular complexity index is 287. The molecule has 0 bridgehead atoms. The van der Waals surface area contributed by atoms with Crippen LogP contribution in [0.15, 0.2) is 4.34 Å². The summed E-state index contributed by atoms with van der Waals surface area (Å²) in [7, 11) is 3.96. The van der Waals surface area contributed by atoms with Gasteiger partial charge in [-0.3, -0.25) is 0 Å². The van der Waals surface area contributed by atoms with E-state index >= 15 is 0 Å². The summed E-state index contributed by atoms with van der Waals surface area (Å²) in [5.41, 5.74) is 5.56. The third-order valence-electron chi connectivity index (χ3n) is 1.99. The molecule has 0 fully saturated rings. The number of nitrogens with zero attached hydrogens (tertiary/aromatic N) is 3. The fourth-order valence-electron chi connectivity index (χ4n) is 1.11. The summed E-state index contributed by atoms with van der Waals surface area (Å²) >= 11 is 3.43. The number of anilines is 1. The quantitative estimate of drug-likeness (QED) is 0.776. The minimum absolute atomic E-state index is 0.568. The highest BCUT2D eigenvalue weighted by atomic mass is 32.2. The molecule has 15 heavy (non-hydrogen) atoms. The van der Waals surface area contributed by atoms with Crippen molar-refractivity contribution in [3.05, 3.63) is 0 Å². The average molecular weight is 246 g/mol. The molecule has 0 saturated carbocycles. The van der Waals surface area contributed by atoms with Crippen LogP contribution in [-0.4, -0.2) is 36.1 Å². The molecule has 1 unspecified atom stereocenters. The Morgan fingerprint density at radius 3 is 2.67 bits per heavy atom. The first-order valence-corrected chi connectivity index (χ1v) is 6.74. The van der Waals surface area contributed by atoms with Gasteiger partial charge in [0.25, 0.3) is 0 Å². The molecular formula is C9H18N4S2. The van der Waals surface area contributed by atoms with Crippen LogP contribution >= 0.6 is 23.1 Å². The average Bonchev–Trinajstić information content (AvgIpc) is 2.65. The Balaban J connectivity index is 2.55. The van der Waals surface area contributed by atoms with Crippen LogP contribution in [0, 0.1) is 0 Å². The molecule has 1 rings (SSSR count). The van der Waals surface area contributed by atoms with E-state index in [0.29, 0.717) is 5.25 Å². The fraction of sp³-hybridized carbons (Fsp3) is 0.778. The van der Waals surface area contributed by atoms with Crippen molar-refractivity contribution in [1.82, 2.24) is 10.2 Å². The van der Waals surface area contributed by atoms with Crippen LogP contribution in [0.25, 0.3) is 0 Å². The van der Waals surface area contributed by atoms with Crippen molar-refractivity contribution >= 4 is 28.2 Å². The number of thioether (sulfide) groups is 1. The maximum absolute atomic E-state index is 5.56. The van der Waals surface area contributed by atoms with E-state index in [1.54, 1.807) is 23.1 Å². The second kappa shape index (κ2) is 6.30. The minimum Gasteiger partial charge on any atom is -0.353 e. The zero-order valence-electron chi connectivity index (χ0n) is 9.43. The maximum Gasteiger partial charge on any atom is 0.208 e. The molecule has 0 spiro atoms. The third-order valence-corrected chi connectivity index (χ3v) is 4.60. The molecule has 0 aliphatic rings. The van der Waals surface area contributed by atoms with Gasteiger partial charge >= 0.3 is 0 Å². The van der Waals surface area contributed by atoms with Crippen LogP contribution in [-0.2, 0) is 0 Å². The molecule has 86 valence electrons. The van der Waals surface area contributed by atoms with E-state index in [9.17, 15) is 0 Å². The molecule has 0 saturated heterocycles. The first-order valence-electron chi connectivity index (χ1n) is 5.05. The summed E-state index contributed by atoms with van der Waals surface area (Å²) in [6.45, 7) is 2.92. The van der Waals surface area contributed by atoms with Crippen molar-refractivity contribution < 1.29 is 0 Å². The van der Waals surface area contributed by atoms with E-state index in [4.69, 9.17) is 5.73 Å². The van der Waals surface area contributed by atoms with Gasteiger partial charge in [-0.2, -0.15) is 0 Å². The van der Waals surface area contributed by atoms with Gasteiger partial charge in [0.15, 0.2) is 4.34 Å². The van der Waals surface area contributed by atoms with E-state index in [0.717, 1.165) is 28.9 Å². The lowest BCUT2D eigenvalue weighted by molar-refractivity contribution is 0.744. The number of rotatable bonds is 6. The van der Waals surface area contributed by atoms with Gasteiger partial charge in [0.05, 0.1) is 0 Å². The van der Waals surface area contributed by atoms with E-state index in [2.05, 4.69) is 17.1 Å². The highest BCUT2D eigenvalue weighted by Gasteiger charge is 2.12. The molecule has 0 aliphatic carbocycles. The van der Waals surface area contributed by atoms with Gasteiger partial charge in [-0.25, -0.2) is 0 Å². The van der Waals surface area contributed by atoms with Gasteiger partial charge in [0.2, 0.25) is 5.13 Å². The minimum atomic E-state index is 0.568. The fourth-order valence-corrected chi connectivity index (χ4v) is 3.23. The van der Waals surface area contributed by atoms with Crippen molar-refractivity contribution in [3.63, 3.8) is 0 Å². The van der Waals surface area contributed by atoms with Gasteiger partial charge in [0.1, 0.15) is 0 Å². The zero-order valence-corrected chi connectivity index (χ0v) is 11.1. The Kier molecular flexibility index (Phi) is 5.35. The summed E-state index contributed by atoms with van der Waals surface area (Å²) in [5.74, 6) is 0. The van der Waals surface area contributed by atoms with Crippen LogP contribution in [0.4, 0.5) is 5.13 Å². The summed E-state index contributed by atoms with van der Waals surface area (Å²) in [5, 5.41) is 9.79. The Hall–Kier alpha value is -0.330. The first-order chi connectivity index (χ1) is 7.17. The maximum atomic E-state index is 5.56. The van der Waals surface area contributed by atoms with Crippen molar-refractivity contribution in [3.8, 4) is 0 Å². The van der Waals surface area contributed by atoms with E-state index in [1.807, 2.05) is 19.0 Å². The molecule has 6 heteroatoms. The molecule has 1 aromatic rings. The van der Waals surface area contributed by atoms with Gasteiger partial charge in [-0.1, -0.05) is 30.0 Å². The smallest absolute Gasteiger partial charge is 0.208 e. The molecule has 2 N–H and O–H groups in total. The molecule has 1 atom stereocenters. The lowest BCUT2D eigenvalue weighted by atomic mass is 10.2. The predicted octanol–water partition coefficient (Wildman–Crippen LogP) is 1.82. The Labute approximate surface area is 99.3 Å². The standard InChI is InChI=1S/C9H18N4S2/c1-4-7(5-6-10)14-9-12-11-8(15-9)13(2)3/h7H,4-6,10H2,1-3H3. The highest BCUT2D eigenvalue weighted by Crippen LogP contribution is 2.32. The lowest BCUT2D eigenvalue weighted by Crippen LogP contribution is -2.09. The second-order valence-electron chi connectivity index (χ2n) is 3.47. The number of hydrogen-bond donors (Lipinski definition) is 1. The predicted molar refractivity (Wildman–Crippen MR) is 67.8 cm³/mol. The second-order valence-corrected chi connectivity index (χ2v) is 5.97. The van der Waals surface area contributed by atoms with E-state index in [1.165, 1.54) is 0 Å². The Morgan fingerprint density at radius 2 is 2.20 bits per heavy atom. The van der Waals surface area contributed by atoms with Gasteiger partial charge in [0, 0.05) is 19.3 Å². The van der Waals surface area contributed by atoms with Crippen molar-refractivity contribution in [2.24, 2.45) is 5.73 Å². The van der Waals surface area contributed by atoms with Crippen LogP contribution in [0.3, 0.4) is 0 Å². The van der Waals surface area contributed by atoms with Crippen LogP contribution in [0.1, 0.15) is 19.8 Å². The molecule has 1 heterocycles. The molecule has 4 nitrogen and oxygen atoms in total. The molecule has 0 radical (unpaired) electrons. The summed E-state index contributed by atoms with van der Waals surface area (Å²) < 4.78 is 1.04. The largest absolute Gasteiger partial charge is 0.353 e. The van der Waals surface area contributed by atoms with Gasteiger partial charge < -0.3 is 10.6 Å². The monoisotopic (exact) mass is 246 g/mol. The van der Waals surface area contributed by atoms with Crippen molar-refractivity contribution in [2.75, 3.05) is 25.5 Å². The summed E-state index contributed by atoms with van der Waals surface area (Å²) in [4.78, 5) is 1.98. The first kappa shape index (κ1) is 12.7. The molecule has 0 aliphatic heterocycles. The Morgan fingerprint density at radius 1 is 1.47 bits per heavy atom. The molecule has 1 aromatic heterocycles. The van der Waals surface area contributed by atoms with E-state index < -0.39 is 0 Å². The molecular weight excluding hydrogens is 228 g/mol. The number of nitrogens with two attached hydrogens (primary N) is 1. The van der Waals surface area contributed by atoms with E-state index in [-0.39, 0.29) is 0 Å². The summed E-state index contributed by atoms with van der Waals surface area (Å²) in [6.07, 6.45) is 2.16. The van der Waals surface area contributed by atoms with Crippen molar-refractivity contribution in [2.45, 2.75) is 29.4 Å². The van der Waals surface area contributed by atoms with Gasteiger partial charge in [-0.05, 0) is 19.4 Å². The number of aromatic nitrogens is 2. The third kappa shape index (κ3) is 3.96. The van der Waals surface area contributed by atoms with Crippen molar-refractivity contribution in [1.29, 1.82) is 0 Å². The molecule has 0 aromatic carbocycles. The van der Waals surface area contributed by atoms with Crippen LogP contribution in [0.5, 0.6) is 0 Å². The van der Waals surface area contributed by atoms with Gasteiger partial charge in [-0.15, -0.1) is 10.2 Å². The highest BCUT2D eigenvalue weighted by molar-refractivity contribution is 8.01. The topological polar surface area (TPSA) is 55.0 Å². The SMILES string of the molecule is CCC(CCN)Sc1nnc(N(C)C)s1. The summed E-state index contributed by atoms with van der Waals surface area (Å²) in [6, 6.07) is 0. The normalized spacial score (nSPS) is 12.8. The van der Waals surface area contributed by atoms with Crippen LogP contribution < -0.4 is 10.6 Å². The molecule has 0 amide bonds. The van der Waals surface area contributed by atoms with Crippen LogP contribution in [0.2, 0.25) is 0 Å². The number of hydrogen-bond acceptors (Lipinski definition) is 6. The lowest BCUT2D eigenvalue weighted by Gasteiger charge is -2.10. The zero-order chi connectivity index (χ0) is 11.3.